The largest absolute Gasteiger partial charge is 0.493 e. The molecule has 2 rings (SSSR count). The number of carbonyl (C=O) groups excluding carboxylic acids is 3. The fraction of sp³-hybridized carbons (Fsp3) is 0.211. The molecule has 0 fully saturated rings. The number of nitrogens with one attached hydrogen (secondary N) is 1. The molecule has 0 saturated carbocycles. The van der Waals surface area contributed by atoms with Crippen molar-refractivity contribution in [2.45, 2.75) is 6.54 Å². The number of hydrogen-bond acceptors (Lipinski definition) is 6. The maximum Gasteiger partial charge on any atom is 0.344 e. The van der Waals surface area contributed by atoms with E-state index in [0.717, 1.165) is 5.56 Å². The molecule has 1 N–H and O–H groups in total. The van der Waals surface area contributed by atoms with Gasteiger partial charge < -0.3 is 19.5 Å². The molecule has 0 spiro atoms. The Balaban J connectivity index is 1.75. The Labute approximate surface area is 161 Å². The molecule has 0 atom stereocenters. The summed E-state index contributed by atoms with van der Waals surface area (Å²) in [7, 11) is 1.42. The minimum atomic E-state index is -0.718. The summed E-state index contributed by atoms with van der Waals surface area (Å²) in [5, 5.41) is 3.14. The van der Waals surface area contributed by atoms with E-state index < -0.39 is 25.1 Å². The minimum Gasteiger partial charge on any atom is -0.493 e. The van der Waals surface area contributed by atoms with Gasteiger partial charge in [0.15, 0.2) is 24.7 Å². The lowest BCUT2D eigenvalue weighted by Gasteiger charge is -2.11. The molecular formula is C19H18ClNO6. The van der Waals surface area contributed by atoms with Gasteiger partial charge in [0.25, 0.3) is 5.91 Å². The van der Waals surface area contributed by atoms with E-state index in [-0.39, 0.29) is 12.3 Å². The van der Waals surface area contributed by atoms with E-state index in [1.54, 1.807) is 24.3 Å². The molecule has 27 heavy (non-hydrogen) atoms. The first kappa shape index (κ1) is 20.3. The van der Waals surface area contributed by atoms with Crippen molar-refractivity contribution in [3.8, 4) is 11.5 Å². The first-order chi connectivity index (χ1) is 13.0. The summed E-state index contributed by atoms with van der Waals surface area (Å²) in [6.07, 6.45) is 0.668. The van der Waals surface area contributed by atoms with Crippen LogP contribution in [0.15, 0.2) is 42.5 Å². The summed E-state index contributed by atoms with van der Waals surface area (Å²) in [5.74, 6) is -0.589. The molecule has 0 bridgehead atoms. The number of esters is 1. The molecule has 1 amide bonds. The van der Waals surface area contributed by atoms with E-state index in [2.05, 4.69) is 5.32 Å². The maximum absolute atomic E-state index is 11.8. The van der Waals surface area contributed by atoms with Crippen molar-refractivity contribution in [2.24, 2.45) is 0 Å². The lowest BCUT2D eigenvalue weighted by molar-refractivity contribution is -0.150. The molecule has 0 aliphatic heterocycles. The summed E-state index contributed by atoms with van der Waals surface area (Å²) in [4.78, 5) is 34.2. The van der Waals surface area contributed by atoms with Crippen LogP contribution in [0.25, 0.3) is 0 Å². The maximum atomic E-state index is 11.8. The molecule has 7 nitrogen and oxygen atoms in total. The van der Waals surface area contributed by atoms with Gasteiger partial charge in [-0.2, -0.15) is 0 Å². The SMILES string of the molecule is COc1cc(C=O)ccc1OCC(=O)OCC(=O)NCc1ccccc1Cl. The molecule has 8 heteroatoms. The number of aldehydes is 1. The van der Waals surface area contributed by atoms with Crippen LogP contribution in [0.4, 0.5) is 0 Å². The summed E-state index contributed by atoms with van der Waals surface area (Å²) in [5.41, 5.74) is 1.17. The Morgan fingerprint density at radius 2 is 1.89 bits per heavy atom. The zero-order chi connectivity index (χ0) is 19.6. The van der Waals surface area contributed by atoms with Crippen molar-refractivity contribution in [3.05, 3.63) is 58.6 Å². The number of methoxy groups -OCH3 is 1. The van der Waals surface area contributed by atoms with Crippen molar-refractivity contribution >= 4 is 29.8 Å². The fourth-order valence-corrected chi connectivity index (χ4v) is 2.29. The average molecular weight is 392 g/mol. The summed E-state index contributed by atoms with van der Waals surface area (Å²) >= 11 is 6.00. The summed E-state index contributed by atoms with van der Waals surface area (Å²) in [6.45, 7) is -0.616. The predicted octanol–water partition coefficient (Wildman–Crippen LogP) is 2.40. The van der Waals surface area contributed by atoms with Crippen molar-refractivity contribution in [2.75, 3.05) is 20.3 Å². The Bertz CT molecular complexity index is 824. The number of carbonyl (C=O) groups is 3. The molecule has 2 aromatic carbocycles. The minimum absolute atomic E-state index is 0.229. The van der Waals surface area contributed by atoms with Gasteiger partial charge >= 0.3 is 5.97 Å². The van der Waals surface area contributed by atoms with E-state index in [1.807, 2.05) is 0 Å². The zero-order valence-electron chi connectivity index (χ0n) is 14.6. The predicted molar refractivity (Wildman–Crippen MR) is 98.1 cm³/mol. The topological polar surface area (TPSA) is 90.9 Å². The van der Waals surface area contributed by atoms with Gasteiger partial charge in [-0.25, -0.2) is 4.79 Å². The van der Waals surface area contributed by atoms with Gasteiger partial charge in [0.1, 0.15) is 6.29 Å². The first-order valence-corrected chi connectivity index (χ1v) is 8.33. The van der Waals surface area contributed by atoms with Crippen LogP contribution in [0, 0.1) is 0 Å². The molecule has 0 unspecified atom stereocenters. The van der Waals surface area contributed by atoms with Crippen LogP contribution in [0.2, 0.25) is 5.02 Å². The van der Waals surface area contributed by atoms with Crippen molar-refractivity contribution in [1.82, 2.24) is 5.32 Å². The Morgan fingerprint density at radius 3 is 2.59 bits per heavy atom. The molecule has 2 aromatic rings. The highest BCUT2D eigenvalue weighted by Crippen LogP contribution is 2.27. The summed E-state index contributed by atoms with van der Waals surface area (Å²) < 4.78 is 15.2. The zero-order valence-corrected chi connectivity index (χ0v) is 15.3. The highest BCUT2D eigenvalue weighted by molar-refractivity contribution is 6.31. The van der Waals surface area contributed by atoms with Crippen LogP contribution >= 0.6 is 11.6 Å². The number of amides is 1. The third kappa shape index (κ3) is 6.31. The number of ether oxygens (including phenoxy) is 3. The van der Waals surface area contributed by atoms with Crippen LogP contribution in [-0.2, 0) is 20.9 Å². The number of hydrogen-bond donors (Lipinski definition) is 1. The smallest absolute Gasteiger partial charge is 0.344 e. The van der Waals surface area contributed by atoms with E-state index in [4.69, 9.17) is 25.8 Å². The Hall–Kier alpha value is -3.06. The fourth-order valence-electron chi connectivity index (χ4n) is 2.09. The Kier molecular flexibility index (Phi) is 7.63. The molecule has 0 radical (unpaired) electrons. The normalized spacial score (nSPS) is 10.0. The van der Waals surface area contributed by atoms with Crippen LogP contribution in [0.5, 0.6) is 11.5 Å². The first-order valence-electron chi connectivity index (χ1n) is 7.95. The average Bonchev–Trinajstić information content (AvgIpc) is 2.69. The van der Waals surface area contributed by atoms with Gasteiger partial charge in [0, 0.05) is 17.1 Å². The van der Waals surface area contributed by atoms with Crippen LogP contribution < -0.4 is 14.8 Å². The molecule has 0 heterocycles. The third-order valence-electron chi connectivity index (χ3n) is 3.47. The second kappa shape index (κ2) is 10.2. The quantitative estimate of drug-likeness (QED) is 0.521. The van der Waals surface area contributed by atoms with Gasteiger partial charge in [-0.05, 0) is 29.8 Å². The molecule has 0 aliphatic carbocycles. The van der Waals surface area contributed by atoms with Crippen molar-refractivity contribution in [3.63, 3.8) is 0 Å². The highest BCUT2D eigenvalue weighted by atomic mass is 35.5. The van der Waals surface area contributed by atoms with Gasteiger partial charge in [-0.15, -0.1) is 0 Å². The number of rotatable bonds is 9. The van der Waals surface area contributed by atoms with E-state index in [9.17, 15) is 14.4 Å². The molecule has 0 aliphatic rings. The van der Waals surface area contributed by atoms with Crippen LogP contribution in [-0.4, -0.2) is 38.5 Å². The molecule has 0 saturated heterocycles. The van der Waals surface area contributed by atoms with Gasteiger partial charge in [-0.3, -0.25) is 9.59 Å². The summed E-state index contributed by atoms with van der Waals surface area (Å²) in [6, 6.07) is 11.6. The lowest BCUT2D eigenvalue weighted by Crippen LogP contribution is -2.29. The van der Waals surface area contributed by atoms with E-state index in [0.29, 0.717) is 22.6 Å². The van der Waals surface area contributed by atoms with Gasteiger partial charge in [0.05, 0.1) is 7.11 Å². The molecular weight excluding hydrogens is 374 g/mol. The van der Waals surface area contributed by atoms with Crippen LogP contribution in [0.3, 0.4) is 0 Å². The Morgan fingerprint density at radius 1 is 1.11 bits per heavy atom. The highest BCUT2D eigenvalue weighted by Gasteiger charge is 2.11. The van der Waals surface area contributed by atoms with Crippen molar-refractivity contribution in [1.29, 1.82) is 0 Å². The van der Waals surface area contributed by atoms with E-state index in [1.165, 1.54) is 25.3 Å². The van der Waals surface area contributed by atoms with E-state index >= 15 is 0 Å². The third-order valence-corrected chi connectivity index (χ3v) is 3.84. The second-order valence-corrected chi connectivity index (χ2v) is 5.75. The van der Waals surface area contributed by atoms with Gasteiger partial charge in [-0.1, -0.05) is 29.8 Å². The van der Waals surface area contributed by atoms with Crippen molar-refractivity contribution < 1.29 is 28.6 Å². The molecule has 142 valence electrons. The number of halogens is 1. The second-order valence-electron chi connectivity index (χ2n) is 5.35. The molecule has 0 aromatic heterocycles. The standard InChI is InChI=1S/C19H18ClNO6/c1-25-17-8-13(10-22)6-7-16(17)26-12-19(24)27-11-18(23)21-9-14-4-2-3-5-15(14)20/h2-8,10H,9,11-12H2,1H3,(H,21,23). The number of benzene rings is 2. The monoisotopic (exact) mass is 391 g/mol. The van der Waals surface area contributed by atoms with Gasteiger partial charge in [0.2, 0.25) is 0 Å². The van der Waals surface area contributed by atoms with Crippen LogP contribution in [0.1, 0.15) is 15.9 Å². The lowest BCUT2D eigenvalue weighted by atomic mass is 10.2.